The van der Waals surface area contributed by atoms with E-state index in [1.807, 2.05) is 0 Å². The van der Waals surface area contributed by atoms with E-state index in [4.69, 9.17) is 16.3 Å². The maximum atomic E-state index is 12.9. The molecule has 0 aromatic heterocycles. The van der Waals surface area contributed by atoms with Crippen LogP contribution in [0.2, 0.25) is 5.02 Å². The van der Waals surface area contributed by atoms with Gasteiger partial charge in [-0.3, -0.25) is 14.4 Å². The number of carbonyl (C=O) groups excluding carboxylic acids is 3. The molecule has 2 aromatic carbocycles. The summed E-state index contributed by atoms with van der Waals surface area (Å²) in [6.07, 6.45) is -0.00168. The molecule has 28 heavy (non-hydrogen) atoms. The van der Waals surface area contributed by atoms with Gasteiger partial charge in [-0.2, -0.15) is 0 Å². The lowest BCUT2D eigenvalue weighted by atomic mass is 10.2. The van der Waals surface area contributed by atoms with Gasteiger partial charge in [-0.25, -0.2) is 4.90 Å². The normalized spacial score (nSPS) is 16.3. The van der Waals surface area contributed by atoms with Gasteiger partial charge in [0.15, 0.2) is 0 Å². The van der Waals surface area contributed by atoms with Crippen molar-refractivity contribution < 1.29 is 19.1 Å². The minimum atomic E-state index is -0.757. The summed E-state index contributed by atoms with van der Waals surface area (Å²) in [5, 5.41) is 6.23. The fraction of sp³-hybridized carbons (Fsp3) is 0.250. The second kappa shape index (κ2) is 7.90. The second-order valence-corrected chi connectivity index (χ2v) is 6.86. The summed E-state index contributed by atoms with van der Waals surface area (Å²) in [5.41, 5.74) is 2.20. The number of nitrogens with zero attached hydrogens (tertiary/aromatic N) is 1. The number of nitrogens with one attached hydrogen (secondary N) is 2. The first-order valence-corrected chi connectivity index (χ1v) is 9.03. The Morgan fingerprint density at radius 1 is 1.25 bits per heavy atom. The minimum absolute atomic E-state index is 0.00168. The first-order chi connectivity index (χ1) is 13.3. The van der Waals surface area contributed by atoms with Crippen molar-refractivity contribution in [2.45, 2.75) is 26.3 Å². The van der Waals surface area contributed by atoms with Gasteiger partial charge < -0.3 is 15.4 Å². The predicted molar refractivity (Wildman–Crippen MR) is 108 cm³/mol. The van der Waals surface area contributed by atoms with Crippen molar-refractivity contribution in [1.29, 1.82) is 0 Å². The van der Waals surface area contributed by atoms with Crippen molar-refractivity contribution in [2.24, 2.45) is 0 Å². The van der Waals surface area contributed by atoms with E-state index >= 15 is 0 Å². The van der Waals surface area contributed by atoms with Crippen molar-refractivity contribution in [3.05, 3.63) is 47.0 Å². The first-order valence-electron chi connectivity index (χ1n) is 8.66. The van der Waals surface area contributed by atoms with Crippen LogP contribution >= 0.6 is 11.6 Å². The Kier molecular flexibility index (Phi) is 5.56. The molecule has 146 valence electrons. The summed E-state index contributed by atoms with van der Waals surface area (Å²) in [5.74, 6) is -0.412. The highest BCUT2D eigenvalue weighted by molar-refractivity contribution is 6.32. The number of carbonyl (C=O) groups is 3. The molecule has 1 fully saturated rings. The lowest BCUT2D eigenvalue weighted by Gasteiger charge is -2.19. The summed E-state index contributed by atoms with van der Waals surface area (Å²) >= 11 is 6.14. The van der Waals surface area contributed by atoms with E-state index in [1.165, 1.54) is 14.0 Å². The molecule has 0 bridgehead atoms. The molecule has 1 atom stereocenters. The summed E-state index contributed by atoms with van der Waals surface area (Å²) < 4.78 is 5.32. The zero-order valence-electron chi connectivity index (χ0n) is 15.7. The van der Waals surface area contributed by atoms with Crippen LogP contribution in [-0.4, -0.2) is 30.9 Å². The standard InChI is InChI=1S/C20H20ClN3O4/c1-11-14(21)5-4-6-17(11)24-19(26)10-16(20(24)27)23-15-9-13(22-12(2)25)7-8-18(15)28-3/h4-9,16,23H,10H2,1-3H3,(H,22,25)/t16-/m0/s1. The molecule has 0 spiro atoms. The Labute approximate surface area is 167 Å². The van der Waals surface area contributed by atoms with E-state index in [2.05, 4.69) is 10.6 Å². The van der Waals surface area contributed by atoms with Gasteiger partial charge in [0.05, 0.1) is 24.9 Å². The largest absolute Gasteiger partial charge is 0.495 e. The van der Waals surface area contributed by atoms with Gasteiger partial charge in [0.1, 0.15) is 11.8 Å². The quantitative estimate of drug-likeness (QED) is 0.750. The molecule has 1 aliphatic rings. The Morgan fingerprint density at radius 2 is 2.00 bits per heavy atom. The summed E-state index contributed by atoms with van der Waals surface area (Å²) in [7, 11) is 1.50. The van der Waals surface area contributed by atoms with Crippen LogP contribution in [0.15, 0.2) is 36.4 Å². The van der Waals surface area contributed by atoms with Crippen LogP contribution in [-0.2, 0) is 14.4 Å². The van der Waals surface area contributed by atoms with E-state index < -0.39 is 6.04 Å². The Bertz CT molecular complexity index is 960. The molecule has 0 saturated carbocycles. The minimum Gasteiger partial charge on any atom is -0.495 e. The van der Waals surface area contributed by atoms with Crippen LogP contribution in [0, 0.1) is 6.92 Å². The monoisotopic (exact) mass is 401 g/mol. The molecule has 0 unspecified atom stereocenters. The van der Waals surface area contributed by atoms with Crippen molar-refractivity contribution >= 4 is 46.4 Å². The van der Waals surface area contributed by atoms with Gasteiger partial charge >= 0.3 is 0 Å². The van der Waals surface area contributed by atoms with Crippen LogP contribution in [0.1, 0.15) is 18.9 Å². The fourth-order valence-electron chi connectivity index (χ4n) is 3.13. The predicted octanol–water partition coefficient (Wildman–Crippen LogP) is 3.36. The Hall–Kier alpha value is -3.06. The lowest BCUT2D eigenvalue weighted by molar-refractivity contribution is -0.121. The third kappa shape index (κ3) is 3.80. The van der Waals surface area contributed by atoms with Crippen LogP contribution in [0.4, 0.5) is 17.1 Å². The van der Waals surface area contributed by atoms with Gasteiger partial charge in [-0.1, -0.05) is 17.7 Å². The average molecular weight is 402 g/mol. The SMILES string of the molecule is COc1ccc(NC(C)=O)cc1N[C@H]1CC(=O)N(c2cccc(Cl)c2C)C1=O. The molecule has 3 rings (SSSR count). The van der Waals surface area contributed by atoms with E-state index in [9.17, 15) is 14.4 Å². The van der Waals surface area contributed by atoms with Crippen LogP contribution in [0.25, 0.3) is 0 Å². The van der Waals surface area contributed by atoms with Gasteiger partial charge in [0.2, 0.25) is 11.8 Å². The van der Waals surface area contributed by atoms with Crippen molar-refractivity contribution in [3.8, 4) is 5.75 Å². The number of hydrogen-bond acceptors (Lipinski definition) is 5. The summed E-state index contributed by atoms with van der Waals surface area (Å²) in [6, 6.07) is 9.36. The van der Waals surface area contributed by atoms with Crippen molar-refractivity contribution in [3.63, 3.8) is 0 Å². The highest BCUT2D eigenvalue weighted by atomic mass is 35.5. The highest BCUT2D eigenvalue weighted by Crippen LogP contribution is 2.33. The molecule has 7 nitrogen and oxygen atoms in total. The Balaban J connectivity index is 1.88. The van der Waals surface area contributed by atoms with Gasteiger partial charge in [-0.05, 0) is 42.8 Å². The molecule has 2 aromatic rings. The van der Waals surface area contributed by atoms with E-state index in [-0.39, 0.29) is 24.1 Å². The molecule has 2 N–H and O–H groups in total. The molecule has 8 heteroatoms. The first kappa shape index (κ1) is 19.7. The second-order valence-electron chi connectivity index (χ2n) is 6.45. The number of anilines is 3. The molecule has 1 saturated heterocycles. The maximum absolute atomic E-state index is 12.9. The molecule has 1 aliphatic heterocycles. The van der Waals surface area contributed by atoms with Gasteiger partial charge in [0.25, 0.3) is 5.91 Å². The smallest absolute Gasteiger partial charge is 0.256 e. The van der Waals surface area contributed by atoms with E-state index in [0.717, 1.165) is 4.90 Å². The number of rotatable bonds is 5. The molecule has 0 aliphatic carbocycles. The molecular weight excluding hydrogens is 382 g/mol. The zero-order chi connectivity index (χ0) is 20.4. The number of ether oxygens (including phenoxy) is 1. The topological polar surface area (TPSA) is 87.7 Å². The van der Waals surface area contributed by atoms with Crippen molar-refractivity contribution in [1.82, 2.24) is 0 Å². The summed E-state index contributed by atoms with van der Waals surface area (Å²) in [4.78, 5) is 37.9. The Morgan fingerprint density at radius 3 is 2.68 bits per heavy atom. The number of halogens is 1. The lowest BCUT2D eigenvalue weighted by Crippen LogP contribution is -2.35. The zero-order valence-corrected chi connectivity index (χ0v) is 16.5. The molecular formula is C20H20ClN3O4. The van der Waals surface area contributed by atoms with Crippen LogP contribution in [0.3, 0.4) is 0 Å². The number of imide groups is 1. The maximum Gasteiger partial charge on any atom is 0.256 e. The van der Waals surface area contributed by atoms with E-state index in [0.29, 0.717) is 33.4 Å². The molecule has 0 radical (unpaired) electrons. The van der Waals surface area contributed by atoms with Crippen LogP contribution < -0.4 is 20.3 Å². The molecule has 1 heterocycles. The summed E-state index contributed by atoms with van der Waals surface area (Å²) in [6.45, 7) is 3.17. The number of amides is 3. The highest BCUT2D eigenvalue weighted by Gasteiger charge is 2.40. The number of methoxy groups -OCH3 is 1. The number of benzene rings is 2. The van der Waals surface area contributed by atoms with Crippen molar-refractivity contribution in [2.75, 3.05) is 22.6 Å². The van der Waals surface area contributed by atoms with Crippen LogP contribution in [0.5, 0.6) is 5.75 Å². The van der Waals surface area contributed by atoms with Gasteiger partial charge in [-0.15, -0.1) is 0 Å². The van der Waals surface area contributed by atoms with E-state index in [1.54, 1.807) is 43.3 Å². The third-order valence-electron chi connectivity index (χ3n) is 4.48. The van der Waals surface area contributed by atoms with Gasteiger partial charge in [0, 0.05) is 17.6 Å². The number of hydrogen-bond donors (Lipinski definition) is 2. The fourth-order valence-corrected chi connectivity index (χ4v) is 3.30. The molecule has 3 amide bonds. The average Bonchev–Trinajstić information content (AvgIpc) is 2.91. The third-order valence-corrected chi connectivity index (χ3v) is 4.89.